The molecule has 12 nitrogen and oxygen atoms in total. The third-order valence-corrected chi connectivity index (χ3v) is 31.2. The van der Waals surface area contributed by atoms with Crippen molar-refractivity contribution in [2.75, 3.05) is 106 Å². The van der Waals surface area contributed by atoms with E-state index in [9.17, 15) is 14.4 Å². The van der Waals surface area contributed by atoms with Crippen LogP contribution in [0.4, 0.5) is 14.4 Å². The highest BCUT2D eigenvalue weighted by molar-refractivity contribution is 5.68. The highest BCUT2D eigenvalue weighted by Gasteiger charge is 2.39. The summed E-state index contributed by atoms with van der Waals surface area (Å²) in [5.41, 5.74) is 3.12. The van der Waals surface area contributed by atoms with Crippen molar-refractivity contribution in [2.45, 2.75) is 574 Å². The Bertz CT molecular complexity index is 3230. The molecule has 0 bridgehead atoms. The van der Waals surface area contributed by atoms with Crippen molar-refractivity contribution in [1.29, 1.82) is 0 Å². The minimum Gasteiger partial charge on any atom is -0.449 e. The van der Waals surface area contributed by atoms with Gasteiger partial charge in [0.2, 0.25) is 0 Å². The molecule has 3 saturated heterocycles. The van der Waals surface area contributed by atoms with E-state index in [4.69, 9.17) is 14.2 Å². The summed E-state index contributed by atoms with van der Waals surface area (Å²) in [6, 6.07) is 0.826. The third kappa shape index (κ3) is 82.2. The molecule has 0 saturated carbocycles. The van der Waals surface area contributed by atoms with Crippen LogP contribution in [0.3, 0.4) is 0 Å². The van der Waals surface area contributed by atoms with E-state index in [1.54, 1.807) is 11.1 Å². The lowest BCUT2D eigenvalue weighted by atomic mass is 9.82. The van der Waals surface area contributed by atoms with Crippen molar-refractivity contribution in [3.05, 3.63) is 145 Å². The van der Waals surface area contributed by atoms with Crippen molar-refractivity contribution in [3.63, 3.8) is 0 Å². The lowest BCUT2D eigenvalue weighted by Gasteiger charge is -2.41. The number of likely N-dealkylation sites (tertiary alicyclic amines) is 3. The Morgan fingerprint density at radius 1 is 0.281 bits per heavy atom. The molecule has 0 spiro atoms. The van der Waals surface area contributed by atoms with Crippen molar-refractivity contribution < 1.29 is 28.6 Å². The molecule has 0 aromatic heterocycles. The van der Waals surface area contributed by atoms with Crippen LogP contribution in [0.1, 0.15) is 562 Å². The van der Waals surface area contributed by atoms with Gasteiger partial charge >= 0.3 is 18.3 Å². The predicted molar refractivity (Wildman–Crippen MR) is 641 cm³/mol. The van der Waals surface area contributed by atoms with Crippen molar-refractivity contribution in [1.82, 2.24) is 29.4 Å². The van der Waals surface area contributed by atoms with E-state index >= 15 is 0 Å². The second kappa shape index (κ2) is 105. The summed E-state index contributed by atoms with van der Waals surface area (Å²) in [5, 5.41) is 0. The summed E-state index contributed by atoms with van der Waals surface area (Å²) in [4.78, 5) is 56.3. The molecule has 0 N–H and O–H groups in total. The SMILES string of the molecule is CCCCC/C=C\C/C=C\CCCCCCCCN(CCCCCCCCC(=C\C/C=C\CCCCC)/C(=C/CCCCCCCCN(CCCCCCCC/C=C\C/C=C\CCCCC)C(=O)OCCC1CC(C2CC(COC(=O)N(CCCCCCCC/C=C\C/C=C\CCCCC)CCCCCCCC/C=C\C/C=C\CCCCC)CN2C)CCN1C)C/C=C\CCCCC)C(=O)OCCCN1CCCCCC1. The van der Waals surface area contributed by atoms with Gasteiger partial charge in [-0.3, -0.25) is 0 Å². The average Bonchev–Trinajstić information content (AvgIpc) is 1.67. The molecule has 146 heavy (non-hydrogen) atoms. The fourth-order valence-corrected chi connectivity index (χ4v) is 21.6. The first-order chi connectivity index (χ1) is 72.1. The molecular formula is C134H240N6O6. The fraction of sp³-hybridized carbons (Fsp3) is 0.799. The number of hydrogen-bond acceptors (Lipinski definition) is 9. The maximum absolute atomic E-state index is 14.4. The van der Waals surface area contributed by atoms with Crippen molar-refractivity contribution in [2.24, 2.45) is 11.8 Å². The molecule has 4 unspecified atom stereocenters. The second-order valence-electron chi connectivity index (χ2n) is 44.6. The van der Waals surface area contributed by atoms with Gasteiger partial charge in [0, 0.05) is 70.4 Å². The zero-order chi connectivity index (χ0) is 105. The number of rotatable bonds is 101. The van der Waals surface area contributed by atoms with Crippen LogP contribution < -0.4 is 0 Å². The van der Waals surface area contributed by atoms with Crippen LogP contribution in [0.5, 0.6) is 0 Å². The van der Waals surface area contributed by atoms with E-state index in [2.05, 4.69) is 219 Å². The molecule has 0 aliphatic carbocycles. The summed E-state index contributed by atoms with van der Waals surface area (Å²) in [6.45, 7) is 25.4. The highest BCUT2D eigenvalue weighted by atomic mass is 16.6. The normalized spacial score (nSPS) is 16.8. The fourth-order valence-electron chi connectivity index (χ4n) is 21.6. The molecule has 3 fully saturated rings. The zero-order valence-corrected chi connectivity index (χ0v) is 97.8. The summed E-state index contributed by atoms with van der Waals surface area (Å²) < 4.78 is 18.8. The van der Waals surface area contributed by atoms with Crippen LogP contribution in [-0.2, 0) is 14.2 Å². The van der Waals surface area contributed by atoms with Crippen LogP contribution in [0, 0.1) is 11.8 Å². The Hall–Kier alpha value is -5.43. The molecule has 3 aliphatic rings. The number of amides is 3. The van der Waals surface area contributed by atoms with E-state index in [1.165, 1.54) is 398 Å². The van der Waals surface area contributed by atoms with Gasteiger partial charge in [0.1, 0.15) is 0 Å². The van der Waals surface area contributed by atoms with E-state index in [1.807, 2.05) is 0 Å². The molecule has 3 aliphatic heterocycles. The van der Waals surface area contributed by atoms with E-state index in [-0.39, 0.29) is 18.3 Å². The first-order valence-electron chi connectivity index (χ1n) is 63.8. The van der Waals surface area contributed by atoms with E-state index < -0.39 is 0 Å². The van der Waals surface area contributed by atoms with Gasteiger partial charge in [-0.2, -0.15) is 0 Å². The number of allylic oxidation sites excluding steroid dienone is 24. The maximum Gasteiger partial charge on any atom is 0.409 e. The minimum atomic E-state index is -0.113. The Morgan fingerprint density at radius 2 is 0.589 bits per heavy atom. The van der Waals surface area contributed by atoms with Crippen LogP contribution >= 0.6 is 0 Å². The molecule has 3 amide bonds. The number of piperidine rings is 1. The lowest BCUT2D eigenvalue weighted by Crippen LogP contribution is -2.46. The predicted octanol–water partition coefficient (Wildman–Crippen LogP) is 40.6. The van der Waals surface area contributed by atoms with Gasteiger partial charge in [-0.15, -0.1) is 0 Å². The van der Waals surface area contributed by atoms with Gasteiger partial charge in [0.05, 0.1) is 19.8 Å². The number of unbranched alkanes of at least 4 members (excludes halogenated alkanes) is 53. The largest absolute Gasteiger partial charge is 0.449 e. The summed E-state index contributed by atoms with van der Waals surface area (Å²) in [7, 11) is 4.59. The second-order valence-corrected chi connectivity index (χ2v) is 44.6. The molecule has 0 aromatic rings. The van der Waals surface area contributed by atoms with Gasteiger partial charge in [-0.05, 0) is 327 Å². The van der Waals surface area contributed by atoms with Crippen molar-refractivity contribution in [3.8, 4) is 0 Å². The molecule has 0 radical (unpaired) electrons. The summed E-state index contributed by atoms with van der Waals surface area (Å²) in [6.07, 6.45) is 150. The Labute approximate surface area is 906 Å². The number of hydrogen-bond donors (Lipinski definition) is 0. The smallest absolute Gasteiger partial charge is 0.409 e. The van der Waals surface area contributed by atoms with Crippen molar-refractivity contribution >= 4 is 18.3 Å². The molecule has 0 aromatic carbocycles. The number of carbonyl (C=O) groups is 3. The van der Waals surface area contributed by atoms with E-state index in [0.29, 0.717) is 43.7 Å². The average molecular weight is 2030 g/mol. The first kappa shape index (κ1) is 135. The van der Waals surface area contributed by atoms with Crippen LogP contribution in [0.2, 0.25) is 0 Å². The molecule has 4 atom stereocenters. The molecule has 3 rings (SSSR count). The van der Waals surface area contributed by atoms with Crippen LogP contribution in [-0.4, -0.2) is 166 Å². The summed E-state index contributed by atoms with van der Waals surface area (Å²) in [5.74, 6) is 0.895. The molecule has 12 heteroatoms. The Kier molecular flexibility index (Phi) is 97.1. The zero-order valence-electron chi connectivity index (χ0n) is 97.8. The molecule has 842 valence electrons. The summed E-state index contributed by atoms with van der Waals surface area (Å²) >= 11 is 0. The number of carbonyl (C=O) groups excluding carboxylic acids is 3. The first-order valence-corrected chi connectivity index (χ1v) is 63.8. The standard InChI is InChI=1S/C134H240N6O6/c1-9-15-21-27-33-37-41-45-49-53-57-61-65-73-83-97-113-138(132(141)144-120-103-112-137-110-95-89-90-96-111-137)114-100-88-78-72-82-94-107-128(105-92-80-70-31-25-19-13-5)127(104-91-79-32-26-20-14-6)106-93-81-71-69-77-87-99-116-139(115-98-84-74-66-62-58-54-50-46-42-38-34-28-22-16-10-2)133(142)145-121-109-130-123-129(108-119-135(130)7)131-122-126(124-136(131)8)125-146-134(143)140(117-101-85-75-67-63-59-55-51-47-43-39-35-29-23-17-11-3)118-102-86-76-68-64-60-56-52-48-44-40-36-30-24-18-12-4/h33-40,45-52,70,79-80,91,105-106,126,129-131H,9-32,41-44,53-69,71-78,81-90,92-104,107-125H2,1-8H3/b37-33-,38-34-,39-35-,40-36-,49-45-,50-46-,51-47-,52-48-,80-70-,91-79-,127-106+,128-105+. The molecular weight excluding hydrogens is 1790 g/mol. The minimum absolute atomic E-state index is 0.0886. The van der Waals surface area contributed by atoms with Crippen LogP contribution in [0.15, 0.2) is 145 Å². The highest BCUT2D eigenvalue weighted by Crippen LogP contribution is 2.37. The number of ether oxygens (including phenoxy) is 3. The van der Waals surface area contributed by atoms with Gasteiger partial charge < -0.3 is 43.6 Å². The third-order valence-electron chi connectivity index (χ3n) is 31.2. The van der Waals surface area contributed by atoms with E-state index in [0.717, 1.165) is 194 Å². The van der Waals surface area contributed by atoms with Gasteiger partial charge in [0.25, 0.3) is 0 Å². The topological polar surface area (TPSA) is 98.3 Å². The lowest BCUT2D eigenvalue weighted by molar-refractivity contribution is 0.0616. The van der Waals surface area contributed by atoms with Gasteiger partial charge in [-0.25, -0.2) is 14.4 Å². The monoisotopic (exact) mass is 2030 g/mol. The quantitative estimate of drug-likeness (QED) is 0.0255. The maximum atomic E-state index is 14.4. The Balaban J connectivity index is 1.61. The number of nitrogens with zero attached hydrogens (tertiary/aromatic N) is 6. The van der Waals surface area contributed by atoms with Gasteiger partial charge in [-0.1, -0.05) is 419 Å². The van der Waals surface area contributed by atoms with Crippen LogP contribution in [0.25, 0.3) is 0 Å². The molecule has 3 heterocycles. The Morgan fingerprint density at radius 3 is 0.952 bits per heavy atom. The van der Waals surface area contributed by atoms with Gasteiger partial charge in [0.15, 0.2) is 0 Å².